The highest BCUT2D eigenvalue weighted by atomic mass is 16.2. The van der Waals surface area contributed by atoms with Crippen LogP contribution in [0.25, 0.3) is 11.1 Å². The quantitative estimate of drug-likeness (QED) is 0.770. The van der Waals surface area contributed by atoms with Gasteiger partial charge in [0.1, 0.15) is 0 Å². The maximum Gasteiger partial charge on any atom is 0.346 e. The van der Waals surface area contributed by atoms with Crippen molar-refractivity contribution in [2.24, 2.45) is 0 Å². The Kier molecular flexibility index (Phi) is 1.90. The van der Waals surface area contributed by atoms with Crippen LogP contribution < -0.4 is 10.6 Å². The summed E-state index contributed by atoms with van der Waals surface area (Å²) in [7, 11) is 0. The van der Waals surface area contributed by atoms with Crippen molar-refractivity contribution in [2.75, 3.05) is 5.32 Å². The minimum atomic E-state index is -0.291. The zero-order chi connectivity index (χ0) is 11.0. The van der Waals surface area contributed by atoms with E-state index >= 15 is 0 Å². The lowest BCUT2D eigenvalue weighted by Crippen LogP contribution is -2.08. The molecule has 2 amide bonds. The van der Waals surface area contributed by atoms with Gasteiger partial charge in [0.05, 0.1) is 11.4 Å². The number of nitrogens with zero attached hydrogens (tertiary/aromatic N) is 1. The summed E-state index contributed by atoms with van der Waals surface area (Å²) in [5.74, 6) is 0. The third kappa shape index (κ3) is 1.42. The fraction of sp³-hybridized carbons (Fsp3) is 0. The third-order valence-corrected chi connectivity index (χ3v) is 2.57. The van der Waals surface area contributed by atoms with Gasteiger partial charge < -0.3 is 5.32 Å². The van der Waals surface area contributed by atoms with E-state index in [1.807, 2.05) is 48.5 Å². The number of benzene rings is 2. The van der Waals surface area contributed by atoms with Crippen LogP contribution in [0.15, 0.2) is 48.5 Å². The maximum absolute atomic E-state index is 11.1. The van der Waals surface area contributed by atoms with Crippen LogP contribution in [0.2, 0.25) is 0 Å². The van der Waals surface area contributed by atoms with Crippen molar-refractivity contribution in [2.45, 2.75) is 0 Å². The van der Waals surface area contributed by atoms with Crippen LogP contribution in [0.5, 0.6) is 0 Å². The van der Waals surface area contributed by atoms with Crippen LogP contribution in [0.1, 0.15) is 0 Å². The zero-order valence-corrected chi connectivity index (χ0v) is 8.47. The van der Waals surface area contributed by atoms with E-state index < -0.39 is 0 Å². The van der Waals surface area contributed by atoms with Gasteiger partial charge in [-0.15, -0.1) is 0 Å². The number of rotatable bonds is 1. The van der Waals surface area contributed by atoms with Gasteiger partial charge in [0.2, 0.25) is 0 Å². The van der Waals surface area contributed by atoms with Crippen LogP contribution in [-0.2, 0) is 0 Å². The van der Waals surface area contributed by atoms with E-state index in [-0.39, 0.29) is 6.03 Å². The van der Waals surface area contributed by atoms with E-state index in [1.54, 1.807) is 0 Å². The molecule has 3 rings (SSSR count). The molecule has 0 aliphatic carbocycles. The van der Waals surface area contributed by atoms with E-state index in [0.717, 1.165) is 16.8 Å². The molecule has 0 bridgehead atoms. The van der Waals surface area contributed by atoms with Gasteiger partial charge in [-0.25, -0.2) is 4.79 Å². The summed E-state index contributed by atoms with van der Waals surface area (Å²) in [6, 6.07) is 15.5. The fourth-order valence-electron chi connectivity index (χ4n) is 1.79. The summed E-state index contributed by atoms with van der Waals surface area (Å²) in [4.78, 5) is 11.1. The highest BCUT2D eigenvalue weighted by molar-refractivity contribution is 6.02. The molecule has 0 aromatic heterocycles. The Morgan fingerprint density at radius 1 is 0.938 bits per heavy atom. The van der Waals surface area contributed by atoms with E-state index in [4.69, 9.17) is 0 Å². The van der Waals surface area contributed by atoms with Crippen molar-refractivity contribution in [3.63, 3.8) is 0 Å². The standard InChI is InChI=1S/C13H9N2O/c16-13-14-11-7-6-10(8-12(11)15-13)9-4-2-1-3-5-9/h1-8H,(H,14,16). The topological polar surface area (TPSA) is 43.2 Å². The van der Waals surface area contributed by atoms with Gasteiger partial charge in [-0.2, -0.15) is 5.32 Å². The van der Waals surface area contributed by atoms with Crippen LogP contribution in [0, 0.1) is 0 Å². The monoisotopic (exact) mass is 209 g/mol. The van der Waals surface area contributed by atoms with E-state index in [9.17, 15) is 4.79 Å². The molecule has 0 fully saturated rings. The molecule has 1 aliphatic heterocycles. The summed E-state index contributed by atoms with van der Waals surface area (Å²) in [5.41, 5.74) is 3.69. The highest BCUT2D eigenvalue weighted by Gasteiger charge is 2.18. The highest BCUT2D eigenvalue weighted by Crippen LogP contribution is 2.32. The van der Waals surface area contributed by atoms with Crippen LogP contribution >= 0.6 is 0 Å². The molecule has 2 aromatic carbocycles. The molecule has 0 unspecified atom stereocenters. The molecule has 1 N–H and O–H groups in total. The minimum Gasteiger partial charge on any atom is -0.304 e. The smallest absolute Gasteiger partial charge is 0.304 e. The third-order valence-electron chi connectivity index (χ3n) is 2.57. The first-order valence-corrected chi connectivity index (χ1v) is 5.05. The van der Waals surface area contributed by atoms with Crippen molar-refractivity contribution >= 4 is 17.4 Å². The predicted octanol–water partition coefficient (Wildman–Crippen LogP) is 3.14. The van der Waals surface area contributed by atoms with Crippen LogP contribution in [0.4, 0.5) is 16.2 Å². The number of nitrogens with one attached hydrogen (secondary N) is 1. The molecule has 3 nitrogen and oxygen atoms in total. The molecule has 77 valence electrons. The predicted molar refractivity (Wildman–Crippen MR) is 62.7 cm³/mol. The maximum atomic E-state index is 11.1. The SMILES string of the molecule is O=C1[N]c2cc(-c3ccccc3)ccc2N1. The molecule has 0 atom stereocenters. The molecule has 3 heteroatoms. The van der Waals surface area contributed by atoms with Crippen LogP contribution in [0.3, 0.4) is 0 Å². The largest absolute Gasteiger partial charge is 0.346 e. The van der Waals surface area contributed by atoms with Gasteiger partial charge in [0.15, 0.2) is 0 Å². The molecule has 1 heterocycles. The second-order valence-electron chi connectivity index (χ2n) is 3.64. The summed E-state index contributed by atoms with van der Waals surface area (Å²) in [6.07, 6.45) is 0. The average Bonchev–Trinajstić information content (AvgIpc) is 2.69. The second-order valence-corrected chi connectivity index (χ2v) is 3.64. The Morgan fingerprint density at radius 3 is 2.56 bits per heavy atom. The lowest BCUT2D eigenvalue weighted by atomic mass is 10.0. The number of carbonyl (C=O) groups excluding carboxylic acids is 1. The minimum absolute atomic E-state index is 0.291. The Hall–Kier alpha value is -2.29. The van der Waals surface area contributed by atoms with Crippen molar-refractivity contribution in [3.05, 3.63) is 48.5 Å². The molecule has 2 aromatic rings. The van der Waals surface area contributed by atoms with Gasteiger partial charge >= 0.3 is 6.03 Å². The summed E-state index contributed by atoms with van der Waals surface area (Å²) >= 11 is 0. The van der Waals surface area contributed by atoms with Crippen molar-refractivity contribution < 1.29 is 4.79 Å². The number of urea groups is 1. The van der Waals surface area contributed by atoms with Gasteiger partial charge in [0, 0.05) is 0 Å². The Bertz CT molecular complexity index is 549. The Labute approximate surface area is 93.1 Å². The lowest BCUT2D eigenvalue weighted by Gasteiger charge is -2.02. The number of anilines is 1. The van der Waals surface area contributed by atoms with E-state index in [1.165, 1.54) is 0 Å². The van der Waals surface area contributed by atoms with Gasteiger partial charge in [-0.3, -0.25) is 0 Å². The molecule has 1 radical (unpaired) electrons. The van der Waals surface area contributed by atoms with Crippen molar-refractivity contribution in [1.82, 2.24) is 5.32 Å². The molecular weight excluding hydrogens is 200 g/mol. The van der Waals surface area contributed by atoms with E-state index in [0.29, 0.717) is 5.69 Å². The Morgan fingerprint density at radius 2 is 1.75 bits per heavy atom. The fourth-order valence-corrected chi connectivity index (χ4v) is 1.79. The van der Waals surface area contributed by atoms with E-state index in [2.05, 4.69) is 10.6 Å². The molecule has 0 saturated heterocycles. The molecule has 16 heavy (non-hydrogen) atoms. The Balaban J connectivity index is 2.06. The molecule has 0 spiro atoms. The zero-order valence-electron chi connectivity index (χ0n) is 8.47. The number of hydrogen-bond acceptors (Lipinski definition) is 1. The van der Waals surface area contributed by atoms with Crippen LogP contribution in [-0.4, -0.2) is 6.03 Å². The first-order chi connectivity index (χ1) is 7.83. The molecule has 1 aliphatic rings. The van der Waals surface area contributed by atoms with Gasteiger partial charge in [0.25, 0.3) is 0 Å². The number of carbonyl (C=O) groups is 1. The number of amides is 2. The molecular formula is C13H9N2O. The number of fused-ring (bicyclic) bond motifs is 1. The first kappa shape index (κ1) is 8.97. The van der Waals surface area contributed by atoms with Crippen molar-refractivity contribution in [3.8, 4) is 11.1 Å². The molecule has 0 saturated carbocycles. The van der Waals surface area contributed by atoms with Crippen molar-refractivity contribution in [1.29, 1.82) is 0 Å². The summed E-state index contributed by atoms with van der Waals surface area (Å²) < 4.78 is 0. The lowest BCUT2D eigenvalue weighted by molar-refractivity contribution is 0.256. The van der Waals surface area contributed by atoms with Gasteiger partial charge in [-0.05, 0) is 23.3 Å². The second kappa shape index (κ2) is 3.38. The summed E-state index contributed by atoms with van der Waals surface area (Å²) in [5, 5.41) is 6.56. The normalized spacial score (nSPS) is 12.9. The van der Waals surface area contributed by atoms with Gasteiger partial charge in [-0.1, -0.05) is 36.4 Å². The average molecular weight is 209 g/mol. The first-order valence-electron chi connectivity index (χ1n) is 5.05. The summed E-state index contributed by atoms with van der Waals surface area (Å²) in [6.45, 7) is 0. The number of hydrogen-bond donors (Lipinski definition) is 1.